The van der Waals surface area contributed by atoms with Crippen molar-refractivity contribution in [3.63, 3.8) is 0 Å². The number of rotatable bonds is 5. The van der Waals surface area contributed by atoms with Crippen LogP contribution in [0.4, 0.5) is 0 Å². The van der Waals surface area contributed by atoms with Gasteiger partial charge in [0.05, 0.1) is 23.3 Å². The summed E-state index contributed by atoms with van der Waals surface area (Å²) in [5, 5.41) is 2.99. The van der Waals surface area contributed by atoms with Gasteiger partial charge < -0.3 is 14.7 Å². The van der Waals surface area contributed by atoms with Crippen LogP contribution in [0, 0.1) is 5.92 Å². The Bertz CT molecular complexity index is 783. The molecule has 5 heteroatoms. The van der Waals surface area contributed by atoms with Gasteiger partial charge in [0.1, 0.15) is 11.6 Å². The number of hydrogen-bond donors (Lipinski definition) is 2. The standard InChI is InChI=1S/C18H19N3O2/c1-12(2)17(18-19-14-7-3-4-8-15(14)20-18)21-16(22)10-9-13-6-5-11-23-13/h3-12,17H,1-2H3,(H,19,20)(H,21,22). The lowest BCUT2D eigenvalue weighted by atomic mass is 10.0. The number of nitrogens with one attached hydrogen (secondary N) is 2. The van der Waals surface area contributed by atoms with Gasteiger partial charge in [-0.25, -0.2) is 4.98 Å². The molecule has 1 atom stereocenters. The second-order valence-corrected chi connectivity index (χ2v) is 5.72. The van der Waals surface area contributed by atoms with E-state index in [-0.39, 0.29) is 17.9 Å². The summed E-state index contributed by atoms with van der Waals surface area (Å²) in [5.41, 5.74) is 1.86. The first-order valence-electron chi connectivity index (χ1n) is 7.60. The van der Waals surface area contributed by atoms with E-state index in [2.05, 4.69) is 15.3 Å². The molecule has 2 heterocycles. The van der Waals surface area contributed by atoms with Crippen LogP contribution in [0.1, 0.15) is 31.5 Å². The monoisotopic (exact) mass is 309 g/mol. The number of nitrogens with zero attached hydrogens (tertiary/aromatic N) is 1. The van der Waals surface area contributed by atoms with Crippen LogP contribution in [0.5, 0.6) is 0 Å². The Morgan fingerprint density at radius 2 is 2.09 bits per heavy atom. The van der Waals surface area contributed by atoms with E-state index < -0.39 is 0 Å². The van der Waals surface area contributed by atoms with Crippen molar-refractivity contribution in [1.29, 1.82) is 0 Å². The van der Waals surface area contributed by atoms with Gasteiger partial charge in [0, 0.05) is 6.08 Å². The number of fused-ring (bicyclic) bond motifs is 1. The first kappa shape index (κ1) is 15.1. The number of aromatic nitrogens is 2. The molecule has 3 aromatic rings. The molecule has 5 nitrogen and oxygen atoms in total. The number of hydrogen-bond acceptors (Lipinski definition) is 3. The Balaban J connectivity index is 1.77. The number of para-hydroxylation sites is 2. The Morgan fingerprint density at radius 1 is 1.26 bits per heavy atom. The average molecular weight is 309 g/mol. The van der Waals surface area contributed by atoms with Crippen molar-refractivity contribution in [1.82, 2.24) is 15.3 Å². The van der Waals surface area contributed by atoms with Crippen molar-refractivity contribution >= 4 is 23.0 Å². The van der Waals surface area contributed by atoms with Crippen LogP contribution in [-0.4, -0.2) is 15.9 Å². The molecule has 2 aromatic heterocycles. The van der Waals surface area contributed by atoms with Gasteiger partial charge in [0.25, 0.3) is 0 Å². The summed E-state index contributed by atoms with van der Waals surface area (Å²) >= 11 is 0. The maximum absolute atomic E-state index is 12.2. The first-order chi connectivity index (χ1) is 11.1. The van der Waals surface area contributed by atoms with Crippen molar-refractivity contribution in [2.24, 2.45) is 5.92 Å². The Hall–Kier alpha value is -2.82. The molecule has 0 fully saturated rings. The molecule has 0 aliphatic rings. The van der Waals surface area contributed by atoms with Gasteiger partial charge in [-0.3, -0.25) is 4.79 Å². The highest BCUT2D eigenvalue weighted by Crippen LogP contribution is 2.22. The first-order valence-corrected chi connectivity index (χ1v) is 7.60. The number of benzene rings is 1. The van der Waals surface area contributed by atoms with E-state index in [1.54, 1.807) is 24.5 Å². The molecule has 0 bridgehead atoms. The summed E-state index contributed by atoms with van der Waals surface area (Å²) in [6, 6.07) is 11.2. The Kier molecular flexibility index (Phi) is 4.28. The molecular formula is C18H19N3O2. The molecule has 0 saturated carbocycles. The predicted octanol–water partition coefficient (Wildman–Crippen LogP) is 3.68. The molecule has 1 unspecified atom stereocenters. The van der Waals surface area contributed by atoms with E-state index >= 15 is 0 Å². The molecule has 1 aromatic carbocycles. The van der Waals surface area contributed by atoms with E-state index in [9.17, 15) is 4.79 Å². The molecule has 3 rings (SSSR count). The quantitative estimate of drug-likeness (QED) is 0.706. The number of H-pyrrole nitrogens is 1. The third-order valence-electron chi connectivity index (χ3n) is 3.61. The predicted molar refractivity (Wildman–Crippen MR) is 89.6 cm³/mol. The minimum atomic E-state index is -0.184. The third-order valence-corrected chi connectivity index (χ3v) is 3.61. The number of furan rings is 1. The molecule has 0 aliphatic carbocycles. The minimum absolute atomic E-state index is 0.180. The summed E-state index contributed by atoms with van der Waals surface area (Å²) in [7, 11) is 0. The van der Waals surface area contributed by atoms with Gasteiger partial charge in [-0.05, 0) is 36.3 Å². The second-order valence-electron chi connectivity index (χ2n) is 5.72. The van der Waals surface area contributed by atoms with Crippen molar-refractivity contribution in [3.8, 4) is 0 Å². The summed E-state index contributed by atoms with van der Waals surface area (Å²) in [4.78, 5) is 20.0. The van der Waals surface area contributed by atoms with Crippen molar-refractivity contribution in [2.45, 2.75) is 19.9 Å². The highest BCUT2D eigenvalue weighted by atomic mass is 16.3. The molecule has 0 saturated heterocycles. The van der Waals surface area contributed by atoms with E-state index in [1.807, 2.05) is 38.1 Å². The van der Waals surface area contributed by atoms with Crippen LogP contribution in [0.15, 0.2) is 53.2 Å². The van der Waals surface area contributed by atoms with Crippen LogP contribution in [-0.2, 0) is 4.79 Å². The molecule has 118 valence electrons. The number of carbonyl (C=O) groups excluding carboxylic acids is 1. The molecule has 1 amide bonds. The van der Waals surface area contributed by atoms with Crippen LogP contribution in [0.2, 0.25) is 0 Å². The second kappa shape index (κ2) is 6.52. The fraction of sp³-hybridized carbons (Fsp3) is 0.222. The van der Waals surface area contributed by atoms with Crippen LogP contribution >= 0.6 is 0 Å². The summed E-state index contributed by atoms with van der Waals surface area (Å²) < 4.78 is 5.18. The third kappa shape index (κ3) is 3.51. The fourth-order valence-corrected chi connectivity index (χ4v) is 2.42. The molecule has 23 heavy (non-hydrogen) atoms. The van der Waals surface area contributed by atoms with Crippen LogP contribution < -0.4 is 5.32 Å². The Labute approximate surface area is 134 Å². The number of imidazole rings is 1. The summed E-state index contributed by atoms with van der Waals surface area (Å²) in [5.74, 6) is 1.43. The minimum Gasteiger partial charge on any atom is -0.465 e. The molecule has 0 radical (unpaired) electrons. The SMILES string of the molecule is CC(C)C(NC(=O)C=Cc1ccco1)c1nc2ccccc2[nH]1. The topological polar surface area (TPSA) is 70.9 Å². The van der Waals surface area contributed by atoms with Gasteiger partial charge in [0.2, 0.25) is 5.91 Å². The van der Waals surface area contributed by atoms with Gasteiger partial charge in [-0.15, -0.1) is 0 Å². The smallest absolute Gasteiger partial charge is 0.244 e. The van der Waals surface area contributed by atoms with Gasteiger partial charge in [-0.2, -0.15) is 0 Å². The Morgan fingerprint density at radius 3 is 2.78 bits per heavy atom. The maximum atomic E-state index is 12.2. The lowest BCUT2D eigenvalue weighted by Gasteiger charge is -2.19. The number of carbonyl (C=O) groups is 1. The molecule has 0 spiro atoms. The maximum Gasteiger partial charge on any atom is 0.244 e. The molecule has 0 aliphatic heterocycles. The highest BCUT2D eigenvalue weighted by molar-refractivity contribution is 5.91. The molecule has 2 N–H and O–H groups in total. The lowest BCUT2D eigenvalue weighted by molar-refractivity contribution is -0.117. The van der Waals surface area contributed by atoms with Gasteiger partial charge in [0.15, 0.2) is 0 Å². The highest BCUT2D eigenvalue weighted by Gasteiger charge is 2.20. The van der Waals surface area contributed by atoms with Crippen molar-refractivity contribution < 1.29 is 9.21 Å². The summed E-state index contributed by atoms with van der Waals surface area (Å²) in [6.07, 6.45) is 4.69. The number of amides is 1. The van der Waals surface area contributed by atoms with Crippen molar-refractivity contribution in [2.75, 3.05) is 0 Å². The largest absolute Gasteiger partial charge is 0.465 e. The van der Waals surface area contributed by atoms with E-state index in [4.69, 9.17) is 4.42 Å². The van der Waals surface area contributed by atoms with Gasteiger partial charge >= 0.3 is 0 Å². The van der Waals surface area contributed by atoms with E-state index in [0.29, 0.717) is 5.76 Å². The van der Waals surface area contributed by atoms with Crippen molar-refractivity contribution in [3.05, 3.63) is 60.3 Å². The van der Waals surface area contributed by atoms with Gasteiger partial charge in [-0.1, -0.05) is 26.0 Å². The van der Waals surface area contributed by atoms with Crippen LogP contribution in [0.3, 0.4) is 0 Å². The van der Waals surface area contributed by atoms with E-state index in [1.165, 1.54) is 6.08 Å². The number of aromatic amines is 1. The molecular weight excluding hydrogens is 290 g/mol. The zero-order chi connectivity index (χ0) is 16.2. The lowest BCUT2D eigenvalue weighted by Crippen LogP contribution is -2.31. The van der Waals surface area contributed by atoms with E-state index in [0.717, 1.165) is 16.9 Å². The fourth-order valence-electron chi connectivity index (χ4n) is 2.42. The average Bonchev–Trinajstić information content (AvgIpc) is 3.19. The normalized spacial score (nSPS) is 13.0. The summed E-state index contributed by atoms with van der Waals surface area (Å²) in [6.45, 7) is 4.10. The zero-order valence-corrected chi connectivity index (χ0v) is 13.1. The van der Waals surface area contributed by atoms with Crippen LogP contribution in [0.25, 0.3) is 17.1 Å². The zero-order valence-electron chi connectivity index (χ0n) is 13.1.